The van der Waals surface area contributed by atoms with Gasteiger partial charge in [0.15, 0.2) is 0 Å². The molecule has 1 aromatic carbocycles. The second-order valence-corrected chi connectivity index (χ2v) is 7.29. The summed E-state index contributed by atoms with van der Waals surface area (Å²) in [6, 6.07) is 9.02. The molecule has 0 spiro atoms. The van der Waals surface area contributed by atoms with Crippen LogP contribution in [0.1, 0.15) is 15.2 Å². The Hall–Kier alpha value is -1.82. The lowest BCUT2D eigenvalue weighted by atomic mass is 10.2. The third-order valence-electron chi connectivity index (χ3n) is 3.49. The molecule has 0 atom stereocenters. The maximum Gasteiger partial charge on any atom is 0.251 e. The van der Waals surface area contributed by atoms with Crippen molar-refractivity contribution < 1.29 is 4.79 Å². The topological polar surface area (TPSA) is 46.9 Å². The number of benzene rings is 1. The van der Waals surface area contributed by atoms with E-state index in [0.29, 0.717) is 22.2 Å². The fourth-order valence-corrected chi connectivity index (χ4v) is 3.53. The first-order valence-corrected chi connectivity index (χ1v) is 8.91. The van der Waals surface area contributed by atoms with Crippen LogP contribution in [0.5, 0.6) is 0 Å². The first-order valence-electron chi connectivity index (χ1n) is 7.34. The zero-order valence-electron chi connectivity index (χ0n) is 12.9. The Bertz CT molecular complexity index is 872. The minimum absolute atomic E-state index is 0.155. The quantitative estimate of drug-likeness (QED) is 0.712. The van der Waals surface area contributed by atoms with Gasteiger partial charge < -0.3 is 5.32 Å². The number of aryl methyl sites for hydroxylation is 1. The van der Waals surface area contributed by atoms with Crippen LogP contribution in [0.4, 0.5) is 0 Å². The van der Waals surface area contributed by atoms with Crippen LogP contribution in [0.3, 0.4) is 0 Å². The van der Waals surface area contributed by atoms with Crippen molar-refractivity contribution in [1.82, 2.24) is 15.1 Å². The van der Waals surface area contributed by atoms with Gasteiger partial charge in [-0.05, 0) is 36.8 Å². The minimum Gasteiger partial charge on any atom is -0.352 e. The van der Waals surface area contributed by atoms with Crippen LogP contribution in [0.2, 0.25) is 10.0 Å². The zero-order chi connectivity index (χ0) is 17.1. The van der Waals surface area contributed by atoms with Gasteiger partial charge in [0.2, 0.25) is 0 Å². The van der Waals surface area contributed by atoms with Crippen LogP contribution in [0.15, 0.2) is 42.7 Å². The Kier molecular flexibility index (Phi) is 5.23. The van der Waals surface area contributed by atoms with Gasteiger partial charge in [-0.2, -0.15) is 5.10 Å². The van der Waals surface area contributed by atoms with Crippen molar-refractivity contribution in [2.24, 2.45) is 7.05 Å². The number of hydrogen-bond acceptors (Lipinski definition) is 3. The molecule has 0 bridgehead atoms. The van der Waals surface area contributed by atoms with Gasteiger partial charge in [-0.1, -0.05) is 23.2 Å². The number of hydrogen-bond donors (Lipinski definition) is 1. The highest BCUT2D eigenvalue weighted by Gasteiger charge is 2.09. The molecular weight excluding hydrogens is 365 g/mol. The Morgan fingerprint density at radius 1 is 1.25 bits per heavy atom. The van der Waals surface area contributed by atoms with Crippen molar-refractivity contribution in [3.05, 3.63) is 63.2 Å². The summed E-state index contributed by atoms with van der Waals surface area (Å²) < 4.78 is 1.78. The van der Waals surface area contributed by atoms with Crippen LogP contribution in [0, 0.1) is 0 Å². The third-order valence-corrected chi connectivity index (χ3v) is 5.42. The fraction of sp³-hybridized carbons (Fsp3) is 0.176. The number of amides is 1. The van der Waals surface area contributed by atoms with Crippen LogP contribution in [-0.4, -0.2) is 22.2 Å². The van der Waals surface area contributed by atoms with Crippen molar-refractivity contribution in [2.75, 3.05) is 6.54 Å². The summed E-state index contributed by atoms with van der Waals surface area (Å²) in [5, 5.41) is 7.90. The van der Waals surface area contributed by atoms with Crippen molar-refractivity contribution >= 4 is 40.4 Å². The number of rotatable bonds is 5. The van der Waals surface area contributed by atoms with Gasteiger partial charge in [0.1, 0.15) is 0 Å². The average molecular weight is 380 g/mol. The van der Waals surface area contributed by atoms with Crippen molar-refractivity contribution in [1.29, 1.82) is 0 Å². The van der Waals surface area contributed by atoms with Gasteiger partial charge in [-0.15, -0.1) is 11.3 Å². The maximum absolute atomic E-state index is 12.1. The number of aromatic nitrogens is 2. The number of nitrogens with one attached hydrogen (secondary N) is 1. The molecule has 2 aromatic heterocycles. The molecule has 1 N–H and O–H groups in total. The van der Waals surface area contributed by atoms with E-state index < -0.39 is 0 Å². The van der Waals surface area contributed by atoms with E-state index in [4.69, 9.17) is 23.2 Å². The van der Waals surface area contributed by atoms with E-state index in [0.717, 1.165) is 12.0 Å². The molecule has 0 saturated carbocycles. The first-order chi connectivity index (χ1) is 11.5. The summed E-state index contributed by atoms with van der Waals surface area (Å²) in [6.07, 6.45) is 4.61. The molecule has 3 aromatic rings. The first kappa shape index (κ1) is 17.0. The summed E-state index contributed by atoms with van der Waals surface area (Å²) in [6.45, 7) is 0.562. The molecule has 1 amide bonds. The molecule has 0 aliphatic rings. The summed E-state index contributed by atoms with van der Waals surface area (Å²) in [5.74, 6) is -0.155. The van der Waals surface area contributed by atoms with E-state index in [1.54, 1.807) is 34.2 Å². The average Bonchev–Trinajstić information content (AvgIpc) is 3.19. The summed E-state index contributed by atoms with van der Waals surface area (Å²) in [4.78, 5) is 14.5. The Balaban J connectivity index is 1.55. The van der Waals surface area contributed by atoms with E-state index in [9.17, 15) is 4.79 Å². The molecule has 0 aliphatic carbocycles. The van der Waals surface area contributed by atoms with Crippen LogP contribution >= 0.6 is 34.5 Å². The second-order valence-electron chi connectivity index (χ2n) is 5.30. The molecule has 4 nitrogen and oxygen atoms in total. The van der Waals surface area contributed by atoms with E-state index in [2.05, 4.69) is 22.5 Å². The zero-order valence-corrected chi connectivity index (χ0v) is 15.3. The molecule has 0 saturated heterocycles. The molecule has 0 aliphatic heterocycles. The molecule has 0 radical (unpaired) electrons. The van der Waals surface area contributed by atoms with E-state index in [1.165, 1.54) is 9.75 Å². The Morgan fingerprint density at radius 2 is 2.08 bits per heavy atom. The molecule has 0 unspecified atom stereocenters. The second kappa shape index (κ2) is 7.38. The number of halogens is 2. The monoisotopic (exact) mass is 379 g/mol. The van der Waals surface area contributed by atoms with Crippen molar-refractivity contribution in [3.8, 4) is 10.4 Å². The number of nitrogens with zero attached hydrogens (tertiary/aromatic N) is 2. The summed E-state index contributed by atoms with van der Waals surface area (Å²) in [7, 11) is 1.90. The fourth-order valence-electron chi connectivity index (χ4n) is 2.25. The minimum atomic E-state index is -0.155. The highest BCUT2D eigenvalue weighted by atomic mass is 35.5. The summed E-state index contributed by atoms with van der Waals surface area (Å²) >= 11 is 13.5. The van der Waals surface area contributed by atoms with E-state index in [1.807, 2.05) is 19.4 Å². The largest absolute Gasteiger partial charge is 0.352 e. The molecule has 24 heavy (non-hydrogen) atoms. The van der Waals surface area contributed by atoms with E-state index in [-0.39, 0.29) is 5.91 Å². The lowest BCUT2D eigenvalue weighted by Gasteiger charge is -2.05. The normalized spacial score (nSPS) is 10.8. The summed E-state index contributed by atoms with van der Waals surface area (Å²) in [5.41, 5.74) is 1.61. The van der Waals surface area contributed by atoms with Gasteiger partial charge in [-0.25, -0.2) is 0 Å². The highest BCUT2D eigenvalue weighted by molar-refractivity contribution is 7.15. The Labute approximate surface area is 154 Å². The smallest absolute Gasteiger partial charge is 0.251 e. The lowest BCUT2D eigenvalue weighted by molar-refractivity contribution is 0.0954. The highest BCUT2D eigenvalue weighted by Crippen LogP contribution is 2.27. The van der Waals surface area contributed by atoms with Gasteiger partial charge in [0.25, 0.3) is 5.91 Å². The number of carbonyl (C=O) groups excluding carboxylic acids is 1. The standard InChI is InChI=1S/C17H15Cl2N3OS/c1-22-10-12(9-21-22)16-5-3-13(24-16)6-7-20-17(23)11-2-4-14(18)15(19)8-11/h2-5,8-10H,6-7H2,1H3,(H,20,23). The molecular formula is C17H15Cl2N3OS. The molecule has 0 fully saturated rings. The van der Waals surface area contributed by atoms with Crippen molar-refractivity contribution in [3.63, 3.8) is 0 Å². The molecule has 124 valence electrons. The molecule has 3 rings (SSSR count). The molecule has 7 heteroatoms. The lowest BCUT2D eigenvalue weighted by Crippen LogP contribution is -2.25. The van der Waals surface area contributed by atoms with Gasteiger partial charge in [0.05, 0.1) is 16.2 Å². The predicted molar refractivity (Wildman–Crippen MR) is 99.0 cm³/mol. The number of thiophene rings is 1. The predicted octanol–water partition coefficient (Wildman–Crippen LogP) is 4.43. The molecule has 2 heterocycles. The SMILES string of the molecule is Cn1cc(-c2ccc(CCNC(=O)c3ccc(Cl)c(Cl)c3)s2)cn1. The van der Waals surface area contributed by atoms with Gasteiger partial charge in [-0.3, -0.25) is 9.48 Å². The van der Waals surface area contributed by atoms with Gasteiger partial charge in [0, 0.05) is 40.7 Å². The van der Waals surface area contributed by atoms with Gasteiger partial charge >= 0.3 is 0 Å². The van der Waals surface area contributed by atoms with Crippen LogP contribution in [-0.2, 0) is 13.5 Å². The number of carbonyl (C=O) groups is 1. The maximum atomic E-state index is 12.1. The van der Waals surface area contributed by atoms with Crippen molar-refractivity contribution in [2.45, 2.75) is 6.42 Å². The van der Waals surface area contributed by atoms with Crippen LogP contribution in [0.25, 0.3) is 10.4 Å². The van der Waals surface area contributed by atoms with Crippen LogP contribution < -0.4 is 5.32 Å². The van der Waals surface area contributed by atoms with E-state index >= 15 is 0 Å². The Morgan fingerprint density at radius 3 is 2.79 bits per heavy atom. The third kappa shape index (κ3) is 3.98.